The molecule has 0 spiro atoms. The summed E-state index contributed by atoms with van der Waals surface area (Å²) in [5, 5.41) is 7.10. The summed E-state index contributed by atoms with van der Waals surface area (Å²) in [5.74, 6) is 1.36. The van der Waals surface area contributed by atoms with Gasteiger partial charge in [0, 0.05) is 25.7 Å². The van der Waals surface area contributed by atoms with Gasteiger partial charge < -0.3 is 20.3 Å². The Bertz CT molecular complexity index is 791. The molecule has 0 aliphatic rings. The van der Waals surface area contributed by atoms with E-state index < -0.39 is 0 Å². The van der Waals surface area contributed by atoms with E-state index in [0.717, 1.165) is 28.3 Å². The molecule has 0 aliphatic carbocycles. The van der Waals surface area contributed by atoms with Gasteiger partial charge >= 0.3 is 0 Å². The maximum absolute atomic E-state index is 11.9. The van der Waals surface area contributed by atoms with Crippen LogP contribution in [0.15, 0.2) is 53.5 Å². The van der Waals surface area contributed by atoms with Crippen LogP contribution in [0, 0.1) is 0 Å². The molecule has 1 amide bonds. The third-order valence-electron chi connectivity index (χ3n) is 4.13. The highest BCUT2D eigenvalue weighted by Gasteiger charge is 2.06. The van der Waals surface area contributed by atoms with E-state index in [0.29, 0.717) is 19.0 Å². The van der Waals surface area contributed by atoms with Crippen molar-refractivity contribution in [3.63, 3.8) is 0 Å². The van der Waals surface area contributed by atoms with E-state index in [1.54, 1.807) is 21.2 Å². The lowest BCUT2D eigenvalue weighted by molar-refractivity contribution is -0.127. The quantitative estimate of drug-likeness (QED) is 0.526. The Hall–Kier alpha value is -2.73. The van der Waals surface area contributed by atoms with Crippen LogP contribution in [-0.4, -0.2) is 51.1 Å². The molecule has 2 N–H and O–H groups in total. The lowest BCUT2D eigenvalue weighted by atomic mass is 10.1. The molecule has 0 aromatic heterocycles. The van der Waals surface area contributed by atoms with Gasteiger partial charge in [-0.1, -0.05) is 41.9 Å². The number of benzene rings is 2. The molecular formula is C21H27ClN4O2. The van der Waals surface area contributed by atoms with Crippen LogP contribution in [0.1, 0.15) is 11.1 Å². The number of methoxy groups -OCH3 is 1. The SMILES string of the molecule is COc1ccc(CN=C(NCCc2ccccc2Cl)NCC(=O)N(C)C)cc1. The maximum atomic E-state index is 11.9. The molecule has 6 nitrogen and oxygen atoms in total. The Balaban J connectivity index is 1.98. The number of nitrogens with one attached hydrogen (secondary N) is 2. The zero-order chi connectivity index (χ0) is 20.4. The van der Waals surface area contributed by atoms with Crippen molar-refractivity contribution in [2.24, 2.45) is 4.99 Å². The number of rotatable bonds is 8. The van der Waals surface area contributed by atoms with Crippen molar-refractivity contribution < 1.29 is 9.53 Å². The van der Waals surface area contributed by atoms with Crippen LogP contribution in [0.4, 0.5) is 0 Å². The van der Waals surface area contributed by atoms with E-state index in [1.807, 2.05) is 48.5 Å². The molecule has 0 bridgehead atoms. The first-order chi connectivity index (χ1) is 13.5. The third kappa shape index (κ3) is 7.12. The van der Waals surface area contributed by atoms with Crippen molar-refractivity contribution in [2.45, 2.75) is 13.0 Å². The summed E-state index contributed by atoms with van der Waals surface area (Å²) >= 11 is 6.21. The minimum atomic E-state index is -0.0231. The topological polar surface area (TPSA) is 66.0 Å². The van der Waals surface area contributed by atoms with Crippen LogP contribution in [-0.2, 0) is 17.8 Å². The van der Waals surface area contributed by atoms with Gasteiger partial charge in [0.05, 0.1) is 20.2 Å². The van der Waals surface area contributed by atoms with Crippen molar-refractivity contribution in [2.75, 3.05) is 34.3 Å². The van der Waals surface area contributed by atoms with Gasteiger partial charge in [-0.25, -0.2) is 4.99 Å². The predicted octanol–water partition coefficient (Wildman–Crippen LogP) is 2.71. The number of halogens is 1. The number of ether oxygens (including phenoxy) is 1. The van der Waals surface area contributed by atoms with Gasteiger partial charge in [-0.05, 0) is 35.7 Å². The molecule has 0 radical (unpaired) electrons. The van der Waals surface area contributed by atoms with Crippen molar-refractivity contribution in [3.8, 4) is 5.75 Å². The molecule has 0 atom stereocenters. The second-order valence-corrected chi connectivity index (χ2v) is 6.83. The van der Waals surface area contributed by atoms with Crippen molar-refractivity contribution in [1.82, 2.24) is 15.5 Å². The number of nitrogens with zero attached hydrogens (tertiary/aromatic N) is 2. The highest BCUT2D eigenvalue weighted by atomic mass is 35.5. The number of hydrogen-bond acceptors (Lipinski definition) is 3. The number of carbonyl (C=O) groups excluding carboxylic acids is 1. The minimum absolute atomic E-state index is 0.0231. The van der Waals surface area contributed by atoms with E-state index >= 15 is 0 Å². The lowest BCUT2D eigenvalue weighted by Crippen LogP contribution is -2.43. The van der Waals surface area contributed by atoms with Gasteiger partial charge in [-0.2, -0.15) is 0 Å². The Morgan fingerprint density at radius 3 is 2.46 bits per heavy atom. The van der Waals surface area contributed by atoms with Crippen LogP contribution in [0.3, 0.4) is 0 Å². The van der Waals surface area contributed by atoms with E-state index in [2.05, 4.69) is 15.6 Å². The normalized spacial score (nSPS) is 11.1. The fraction of sp³-hybridized carbons (Fsp3) is 0.333. The van der Waals surface area contributed by atoms with Crippen molar-refractivity contribution >= 4 is 23.5 Å². The van der Waals surface area contributed by atoms with E-state index in [-0.39, 0.29) is 12.5 Å². The summed E-state index contributed by atoms with van der Waals surface area (Å²) in [6, 6.07) is 15.5. The molecule has 7 heteroatoms. The number of guanidine groups is 1. The van der Waals surface area contributed by atoms with E-state index in [9.17, 15) is 4.79 Å². The summed E-state index contributed by atoms with van der Waals surface area (Å²) in [6.45, 7) is 1.31. The van der Waals surface area contributed by atoms with Crippen LogP contribution in [0.5, 0.6) is 5.75 Å². The predicted molar refractivity (Wildman–Crippen MR) is 114 cm³/mol. The Kier molecular flexibility index (Phi) is 8.62. The Morgan fingerprint density at radius 2 is 1.82 bits per heavy atom. The van der Waals surface area contributed by atoms with Crippen molar-refractivity contribution in [1.29, 1.82) is 0 Å². The smallest absolute Gasteiger partial charge is 0.241 e. The standard InChI is InChI=1S/C21H27ClN4O2/c1-26(2)20(27)15-25-21(23-13-12-17-6-4-5-7-19(17)22)24-14-16-8-10-18(28-3)11-9-16/h4-11H,12-15H2,1-3H3,(H2,23,24,25). The number of carbonyl (C=O) groups is 1. The molecule has 0 saturated heterocycles. The molecular weight excluding hydrogens is 376 g/mol. The molecule has 2 aromatic rings. The molecule has 0 aliphatic heterocycles. The van der Waals surface area contributed by atoms with Gasteiger partial charge in [0.2, 0.25) is 5.91 Å². The largest absolute Gasteiger partial charge is 0.497 e. The van der Waals surface area contributed by atoms with Gasteiger partial charge in [-0.3, -0.25) is 4.79 Å². The molecule has 28 heavy (non-hydrogen) atoms. The van der Waals surface area contributed by atoms with Crippen LogP contribution < -0.4 is 15.4 Å². The summed E-state index contributed by atoms with van der Waals surface area (Å²) in [6.07, 6.45) is 0.755. The lowest BCUT2D eigenvalue weighted by Gasteiger charge is -2.15. The number of aliphatic imine (C=N–C) groups is 1. The second kappa shape index (κ2) is 11.2. The zero-order valence-corrected chi connectivity index (χ0v) is 17.3. The zero-order valence-electron chi connectivity index (χ0n) is 16.5. The summed E-state index contributed by atoms with van der Waals surface area (Å²) in [4.78, 5) is 18.0. The van der Waals surface area contributed by atoms with Crippen LogP contribution in [0.2, 0.25) is 5.02 Å². The molecule has 0 heterocycles. The first-order valence-electron chi connectivity index (χ1n) is 9.08. The number of likely N-dealkylation sites (N-methyl/N-ethyl adjacent to an activating group) is 1. The fourth-order valence-electron chi connectivity index (χ4n) is 2.41. The van der Waals surface area contributed by atoms with Crippen LogP contribution in [0.25, 0.3) is 0 Å². The monoisotopic (exact) mass is 402 g/mol. The average molecular weight is 403 g/mol. The average Bonchev–Trinajstić information content (AvgIpc) is 2.71. The minimum Gasteiger partial charge on any atom is -0.497 e. The summed E-state index contributed by atoms with van der Waals surface area (Å²) in [5.41, 5.74) is 2.11. The molecule has 0 unspecified atom stereocenters. The molecule has 0 saturated carbocycles. The van der Waals surface area contributed by atoms with E-state index in [4.69, 9.17) is 16.3 Å². The first-order valence-corrected chi connectivity index (χ1v) is 9.46. The molecule has 0 fully saturated rings. The fourth-order valence-corrected chi connectivity index (χ4v) is 2.64. The first kappa shape index (κ1) is 21.6. The summed E-state index contributed by atoms with van der Waals surface area (Å²) < 4.78 is 5.17. The van der Waals surface area contributed by atoms with Crippen LogP contribution >= 0.6 is 11.6 Å². The van der Waals surface area contributed by atoms with Gasteiger partial charge in [-0.15, -0.1) is 0 Å². The Morgan fingerprint density at radius 1 is 1.11 bits per heavy atom. The third-order valence-corrected chi connectivity index (χ3v) is 4.50. The van der Waals surface area contributed by atoms with Gasteiger partial charge in [0.15, 0.2) is 5.96 Å². The number of hydrogen-bond donors (Lipinski definition) is 2. The molecule has 2 rings (SSSR count). The highest BCUT2D eigenvalue weighted by molar-refractivity contribution is 6.31. The Labute approximate surface area is 171 Å². The summed E-state index contributed by atoms with van der Waals surface area (Å²) in [7, 11) is 5.09. The van der Waals surface area contributed by atoms with Crippen molar-refractivity contribution in [3.05, 3.63) is 64.7 Å². The molecule has 150 valence electrons. The van der Waals surface area contributed by atoms with Gasteiger partial charge in [0.1, 0.15) is 5.75 Å². The maximum Gasteiger partial charge on any atom is 0.241 e. The van der Waals surface area contributed by atoms with E-state index in [1.165, 1.54) is 4.90 Å². The number of amides is 1. The molecule has 2 aromatic carbocycles. The van der Waals surface area contributed by atoms with Gasteiger partial charge in [0.25, 0.3) is 0 Å². The highest BCUT2D eigenvalue weighted by Crippen LogP contribution is 2.15. The second-order valence-electron chi connectivity index (χ2n) is 6.42.